The normalized spacial score (nSPS) is 15.3. The van der Waals surface area contributed by atoms with Gasteiger partial charge in [-0.25, -0.2) is 8.42 Å². The van der Waals surface area contributed by atoms with Crippen LogP contribution in [0.25, 0.3) is 0 Å². The number of hydrogen-bond donors (Lipinski definition) is 1. The molecule has 0 bridgehead atoms. The lowest BCUT2D eigenvalue weighted by molar-refractivity contribution is 0.579. The Morgan fingerprint density at radius 2 is 1.90 bits per heavy atom. The molecule has 21 heavy (non-hydrogen) atoms. The zero-order valence-electron chi connectivity index (χ0n) is 11.8. The summed E-state index contributed by atoms with van der Waals surface area (Å²) in [7, 11) is -3.28. The molecule has 112 valence electrons. The second-order valence-electron chi connectivity index (χ2n) is 5.44. The minimum atomic E-state index is -3.28. The molecule has 0 radical (unpaired) electrons. The van der Waals surface area contributed by atoms with Crippen LogP contribution < -0.4 is 5.73 Å². The zero-order valence-corrected chi connectivity index (χ0v) is 12.6. The Bertz CT molecular complexity index is 716. The lowest BCUT2D eigenvalue weighted by Gasteiger charge is -2.06. The van der Waals surface area contributed by atoms with Crippen LogP contribution in [0.4, 0.5) is 0 Å². The number of sulfone groups is 1. The van der Waals surface area contributed by atoms with Gasteiger partial charge in [-0.2, -0.15) is 5.10 Å². The summed E-state index contributed by atoms with van der Waals surface area (Å²) in [4.78, 5) is 0.342. The van der Waals surface area contributed by atoms with Crippen molar-refractivity contribution >= 4 is 9.84 Å². The lowest BCUT2D eigenvalue weighted by Crippen LogP contribution is -2.14. The predicted octanol–water partition coefficient (Wildman–Crippen LogP) is 1.69. The molecule has 2 aromatic rings. The fourth-order valence-corrected chi connectivity index (χ4v) is 3.48. The first-order chi connectivity index (χ1) is 10.1. The van der Waals surface area contributed by atoms with E-state index in [1.807, 2.05) is 12.3 Å². The van der Waals surface area contributed by atoms with E-state index in [1.165, 1.54) is 12.8 Å². The summed E-state index contributed by atoms with van der Waals surface area (Å²) in [6.07, 6.45) is 4.26. The van der Waals surface area contributed by atoms with Crippen LogP contribution in [-0.2, 0) is 22.9 Å². The summed E-state index contributed by atoms with van der Waals surface area (Å²) in [5.41, 5.74) is 7.52. The number of benzene rings is 1. The molecule has 0 aliphatic heterocycles. The van der Waals surface area contributed by atoms with Gasteiger partial charge in [0.1, 0.15) is 0 Å². The Labute approximate surface area is 124 Å². The van der Waals surface area contributed by atoms with Crippen LogP contribution in [0, 0.1) is 0 Å². The molecule has 0 spiro atoms. The molecule has 5 nitrogen and oxygen atoms in total. The highest BCUT2D eigenvalue weighted by Gasteiger charge is 2.25. The molecule has 3 rings (SSSR count). The van der Waals surface area contributed by atoms with Crippen molar-refractivity contribution in [3.05, 3.63) is 47.8 Å². The predicted molar refractivity (Wildman–Crippen MR) is 80.6 cm³/mol. The van der Waals surface area contributed by atoms with Crippen LogP contribution in [0.2, 0.25) is 0 Å². The highest BCUT2D eigenvalue weighted by atomic mass is 32.2. The zero-order chi connectivity index (χ0) is 14.9. The Morgan fingerprint density at radius 3 is 2.52 bits per heavy atom. The minimum absolute atomic E-state index is 0.0563. The molecular weight excluding hydrogens is 286 g/mol. The molecule has 1 aromatic carbocycles. The third kappa shape index (κ3) is 3.33. The van der Waals surface area contributed by atoms with E-state index in [1.54, 1.807) is 28.9 Å². The summed E-state index contributed by atoms with van der Waals surface area (Å²) in [6, 6.07) is 8.74. The number of nitrogens with zero attached hydrogens (tertiary/aromatic N) is 2. The SMILES string of the molecule is NCc1ccc(S(=O)(=O)CCn2ccc(C3CC3)n2)cc1. The molecule has 0 amide bonds. The molecule has 1 aliphatic carbocycles. The van der Waals surface area contributed by atoms with Crippen LogP contribution in [0.5, 0.6) is 0 Å². The Hall–Kier alpha value is -1.66. The van der Waals surface area contributed by atoms with Gasteiger partial charge in [-0.15, -0.1) is 0 Å². The van der Waals surface area contributed by atoms with E-state index < -0.39 is 9.84 Å². The quantitative estimate of drug-likeness (QED) is 0.881. The van der Waals surface area contributed by atoms with Gasteiger partial charge in [0, 0.05) is 18.7 Å². The fraction of sp³-hybridized carbons (Fsp3) is 0.400. The molecule has 0 unspecified atom stereocenters. The smallest absolute Gasteiger partial charge is 0.180 e. The fourth-order valence-electron chi connectivity index (χ4n) is 2.26. The molecular formula is C15H19N3O2S. The van der Waals surface area contributed by atoms with E-state index in [2.05, 4.69) is 5.10 Å². The molecule has 2 N–H and O–H groups in total. The van der Waals surface area contributed by atoms with E-state index in [0.717, 1.165) is 11.3 Å². The highest BCUT2D eigenvalue weighted by Crippen LogP contribution is 2.38. The van der Waals surface area contributed by atoms with E-state index >= 15 is 0 Å². The molecule has 1 saturated carbocycles. The van der Waals surface area contributed by atoms with Gasteiger partial charge in [-0.05, 0) is 36.6 Å². The van der Waals surface area contributed by atoms with Crippen LogP contribution >= 0.6 is 0 Å². The van der Waals surface area contributed by atoms with Crippen molar-refractivity contribution in [2.45, 2.75) is 36.7 Å². The van der Waals surface area contributed by atoms with Gasteiger partial charge in [0.05, 0.1) is 22.9 Å². The lowest BCUT2D eigenvalue weighted by atomic mass is 10.2. The Balaban J connectivity index is 1.66. The number of nitrogens with two attached hydrogens (primary N) is 1. The van der Waals surface area contributed by atoms with E-state index in [-0.39, 0.29) is 5.75 Å². The van der Waals surface area contributed by atoms with E-state index in [4.69, 9.17) is 5.73 Å². The van der Waals surface area contributed by atoms with Crippen molar-refractivity contribution in [1.29, 1.82) is 0 Å². The van der Waals surface area contributed by atoms with Crippen molar-refractivity contribution in [3.8, 4) is 0 Å². The number of aromatic nitrogens is 2. The first-order valence-corrected chi connectivity index (χ1v) is 8.79. The summed E-state index contributed by atoms with van der Waals surface area (Å²) in [6.45, 7) is 0.797. The highest BCUT2D eigenvalue weighted by molar-refractivity contribution is 7.91. The molecule has 1 fully saturated rings. The van der Waals surface area contributed by atoms with Gasteiger partial charge in [0.25, 0.3) is 0 Å². The van der Waals surface area contributed by atoms with Gasteiger partial charge in [-0.1, -0.05) is 12.1 Å². The van der Waals surface area contributed by atoms with Crippen LogP contribution in [0.15, 0.2) is 41.4 Å². The van der Waals surface area contributed by atoms with Gasteiger partial charge in [0.15, 0.2) is 9.84 Å². The summed E-state index contributed by atoms with van der Waals surface area (Å²) >= 11 is 0. The number of rotatable bonds is 6. The van der Waals surface area contributed by atoms with Crippen LogP contribution in [0.1, 0.15) is 30.0 Å². The standard InChI is InChI=1S/C15H19N3O2S/c16-11-12-1-5-14(6-2-12)21(19,20)10-9-18-8-7-15(17-18)13-3-4-13/h1-2,5-8,13H,3-4,9-11,16H2. The summed E-state index contributed by atoms with van der Waals surface area (Å²) in [5.74, 6) is 0.646. The van der Waals surface area contributed by atoms with Gasteiger partial charge in [0.2, 0.25) is 0 Å². The second kappa shape index (κ2) is 5.61. The van der Waals surface area contributed by atoms with Crippen molar-refractivity contribution in [2.24, 2.45) is 5.73 Å². The van der Waals surface area contributed by atoms with Crippen LogP contribution in [0.3, 0.4) is 0 Å². The van der Waals surface area contributed by atoms with E-state index in [0.29, 0.717) is 23.9 Å². The average Bonchev–Trinajstić information content (AvgIpc) is 3.24. The Morgan fingerprint density at radius 1 is 1.19 bits per heavy atom. The summed E-state index contributed by atoms with van der Waals surface area (Å²) < 4.78 is 26.3. The van der Waals surface area contributed by atoms with Crippen molar-refractivity contribution < 1.29 is 8.42 Å². The van der Waals surface area contributed by atoms with Crippen molar-refractivity contribution in [2.75, 3.05) is 5.75 Å². The molecule has 1 aromatic heterocycles. The Kier molecular flexibility index (Phi) is 3.82. The molecule has 1 aliphatic rings. The average molecular weight is 305 g/mol. The third-order valence-electron chi connectivity index (χ3n) is 3.76. The van der Waals surface area contributed by atoms with Gasteiger partial charge < -0.3 is 5.73 Å². The molecule has 6 heteroatoms. The monoisotopic (exact) mass is 305 g/mol. The topological polar surface area (TPSA) is 78.0 Å². The molecule has 1 heterocycles. The maximum absolute atomic E-state index is 12.3. The number of hydrogen-bond acceptors (Lipinski definition) is 4. The number of aryl methyl sites for hydroxylation is 1. The van der Waals surface area contributed by atoms with Gasteiger partial charge >= 0.3 is 0 Å². The van der Waals surface area contributed by atoms with Gasteiger partial charge in [-0.3, -0.25) is 4.68 Å². The maximum Gasteiger partial charge on any atom is 0.180 e. The van der Waals surface area contributed by atoms with Crippen molar-refractivity contribution in [3.63, 3.8) is 0 Å². The molecule has 0 atom stereocenters. The third-order valence-corrected chi connectivity index (χ3v) is 5.47. The van der Waals surface area contributed by atoms with E-state index in [9.17, 15) is 8.42 Å². The first-order valence-electron chi connectivity index (χ1n) is 7.13. The second-order valence-corrected chi connectivity index (χ2v) is 7.55. The summed E-state index contributed by atoms with van der Waals surface area (Å²) in [5, 5.41) is 4.43. The largest absolute Gasteiger partial charge is 0.326 e. The minimum Gasteiger partial charge on any atom is -0.326 e. The first kappa shape index (κ1) is 14.3. The molecule has 0 saturated heterocycles. The van der Waals surface area contributed by atoms with Crippen molar-refractivity contribution in [1.82, 2.24) is 9.78 Å². The maximum atomic E-state index is 12.3. The van der Waals surface area contributed by atoms with Crippen LogP contribution in [-0.4, -0.2) is 24.0 Å².